The quantitative estimate of drug-likeness (QED) is 0.789. The Kier molecular flexibility index (Phi) is 2.84. The molecular formula is C14H16N4. The molecule has 3 rings (SSSR count). The van der Waals surface area contributed by atoms with Gasteiger partial charge < -0.3 is 10.6 Å². The van der Waals surface area contributed by atoms with Gasteiger partial charge >= 0.3 is 0 Å². The molecule has 0 atom stereocenters. The van der Waals surface area contributed by atoms with Crippen LogP contribution < -0.4 is 10.6 Å². The molecule has 1 heterocycles. The maximum absolute atomic E-state index is 4.54. The summed E-state index contributed by atoms with van der Waals surface area (Å²) in [4.78, 5) is 9.03. The average molecular weight is 240 g/mol. The first-order valence-corrected chi connectivity index (χ1v) is 6.25. The minimum absolute atomic E-state index is 0.579. The molecule has 0 radical (unpaired) electrons. The zero-order valence-electron chi connectivity index (χ0n) is 10.2. The molecule has 4 heteroatoms. The molecule has 1 saturated carbocycles. The van der Waals surface area contributed by atoms with Crippen LogP contribution in [0.3, 0.4) is 0 Å². The molecule has 2 aromatic rings. The Morgan fingerprint density at radius 3 is 2.89 bits per heavy atom. The minimum Gasteiger partial charge on any atom is -0.367 e. The van der Waals surface area contributed by atoms with Gasteiger partial charge in [0.25, 0.3) is 0 Å². The Bertz CT molecular complexity index is 575. The van der Waals surface area contributed by atoms with E-state index in [1.165, 1.54) is 12.8 Å². The van der Waals surface area contributed by atoms with E-state index in [0.717, 1.165) is 16.7 Å². The van der Waals surface area contributed by atoms with Crippen LogP contribution in [0, 0.1) is 0 Å². The van der Waals surface area contributed by atoms with E-state index >= 15 is 0 Å². The molecule has 1 aromatic carbocycles. The van der Waals surface area contributed by atoms with E-state index in [4.69, 9.17) is 0 Å². The molecule has 1 fully saturated rings. The maximum atomic E-state index is 4.54. The fraction of sp³-hybridized carbons (Fsp3) is 0.286. The Morgan fingerprint density at radius 2 is 2.11 bits per heavy atom. The first kappa shape index (κ1) is 11.0. The lowest BCUT2D eigenvalue weighted by atomic mass is 10.2. The van der Waals surface area contributed by atoms with Gasteiger partial charge in [-0.25, -0.2) is 4.98 Å². The van der Waals surface area contributed by atoms with Crippen LogP contribution in [0.4, 0.5) is 11.8 Å². The zero-order valence-corrected chi connectivity index (χ0v) is 10.2. The van der Waals surface area contributed by atoms with E-state index in [1.54, 1.807) is 6.08 Å². The van der Waals surface area contributed by atoms with Crippen LogP contribution in [0.5, 0.6) is 0 Å². The van der Waals surface area contributed by atoms with Gasteiger partial charge in [0.15, 0.2) is 0 Å². The number of para-hydroxylation sites is 1. The van der Waals surface area contributed by atoms with E-state index < -0.39 is 0 Å². The summed E-state index contributed by atoms with van der Waals surface area (Å²) in [6.07, 6.45) is 4.26. The van der Waals surface area contributed by atoms with E-state index in [9.17, 15) is 0 Å². The summed E-state index contributed by atoms with van der Waals surface area (Å²) in [7, 11) is 0. The summed E-state index contributed by atoms with van der Waals surface area (Å²) in [6, 6.07) is 8.65. The lowest BCUT2D eigenvalue weighted by Crippen LogP contribution is -2.08. The fourth-order valence-corrected chi connectivity index (χ4v) is 1.85. The smallest absolute Gasteiger partial charge is 0.225 e. The molecule has 0 aliphatic heterocycles. The highest BCUT2D eigenvalue weighted by Gasteiger charge is 2.22. The molecule has 1 aliphatic rings. The highest BCUT2D eigenvalue weighted by atomic mass is 15.2. The summed E-state index contributed by atoms with van der Waals surface area (Å²) >= 11 is 0. The molecule has 1 aromatic heterocycles. The van der Waals surface area contributed by atoms with Gasteiger partial charge in [-0.3, -0.25) is 0 Å². The third-order valence-electron chi connectivity index (χ3n) is 2.93. The van der Waals surface area contributed by atoms with Crippen LogP contribution in [0.15, 0.2) is 36.9 Å². The van der Waals surface area contributed by atoms with Crippen molar-refractivity contribution in [2.45, 2.75) is 18.9 Å². The molecule has 0 unspecified atom stereocenters. The van der Waals surface area contributed by atoms with Crippen molar-refractivity contribution in [3.05, 3.63) is 36.9 Å². The Labute approximate surface area is 106 Å². The summed E-state index contributed by atoms with van der Waals surface area (Å²) in [5.74, 6) is 1.58. The molecular weight excluding hydrogens is 224 g/mol. The number of fused-ring (bicyclic) bond motifs is 1. The van der Waals surface area contributed by atoms with E-state index in [2.05, 4.69) is 33.2 Å². The molecule has 0 spiro atoms. The fourth-order valence-electron chi connectivity index (χ4n) is 1.85. The van der Waals surface area contributed by atoms with Gasteiger partial charge in [0, 0.05) is 18.0 Å². The summed E-state index contributed by atoms with van der Waals surface area (Å²) < 4.78 is 0. The minimum atomic E-state index is 0.579. The molecule has 2 N–H and O–H groups in total. The lowest BCUT2D eigenvalue weighted by Gasteiger charge is -2.10. The van der Waals surface area contributed by atoms with Gasteiger partial charge in [-0.15, -0.1) is 6.58 Å². The van der Waals surface area contributed by atoms with Gasteiger partial charge in [0.1, 0.15) is 5.82 Å². The number of nitrogens with one attached hydrogen (secondary N) is 2. The number of hydrogen-bond acceptors (Lipinski definition) is 4. The topological polar surface area (TPSA) is 49.8 Å². The van der Waals surface area contributed by atoms with Gasteiger partial charge in [-0.2, -0.15) is 4.98 Å². The predicted molar refractivity (Wildman–Crippen MR) is 74.9 cm³/mol. The monoisotopic (exact) mass is 240 g/mol. The number of benzene rings is 1. The average Bonchev–Trinajstić information content (AvgIpc) is 3.20. The molecule has 0 bridgehead atoms. The second kappa shape index (κ2) is 4.64. The Balaban J connectivity index is 2.01. The highest BCUT2D eigenvalue weighted by molar-refractivity contribution is 5.90. The van der Waals surface area contributed by atoms with Gasteiger partial charge in [0.2, 0.25) is 5.95 Å². The van der Waals surface area contributed by atoms with Crippen LogP contribution in [0.1, 0.15) is 12.8 Å². The van der Waals surface area contributed by atoms with Crippen LogP contribution in [-0.2, 0) is 0 Å². The van der Waals surface area contributed by atoms with Crippen molar-refractivity contribution < 1.29 is 0 Å². The number of anilines is 2. The molecule has 0 amide bonds. The Hall–Kier alpha value is -2.10. The second-order valence-corrected chi connectivity index (χ2v) is 4.50. The van der Waals surface area contributed by atoms with Crippen molar-refractivity contribution >= 4 is 22.7 Å². The molecule has 92 valence electrons. The Morgan fingerprint density at radius 1 is 1.28 bits per heavy atom. The van der Waals surface area contributed by atoms with Crippen molar-refractivity contribution in [1.82, 2.24) is 9.97 Å². The zero-order chi connectivity index (χ0) is 12.4. The van der Waals surface area contributed by atoms with Crippen LogP contribution in [0.25, 0.3) is 10.9 Å². The number of hydrogen-bond donors (Lipinski definition) is 2. The molecule has 1 aliphatic carbocycles. The SMILES string of the molecule is C=CCNc1nc(NC2CC2)c2ccccc2n1. The standard InChI is InChI=1S/C14H16N4/c1-2-9-15-14-17-12-6-4-3-5-11(12)13(18-14)16-10-7-8-10/h2-6,10H,1,7-9H2,(H2,15,16,17,18). The predicted octanol–water partition coefficient (Wildman–Crippen LogP) is 2.80. The first-order valence-electron chi connectivity index (χ1n) is 6.25. The summed E-state index contributed by atoms with van der Waals surface area (Å²) in [5.41, 5.74) is 0.960. The van der Waals surface area contributed by atoms with E-state index in [-0.39, 0.29) is 0 Å². The molecule has 4 nitrogen and oxygen atoms in total. The summed E-state index contributed by atoms with van der Waals surface area (Å²) in [5, 5.41) is 7.68. The van der Waals surface area contributed by atoms with Crippen molar-refractivity contribution in [3.8, 4) is 0 Å². The summed E-state index contributed by atoms with van der Waals surface area (Å²) in [6.45, 7) is 4.35. The number of aromatic nitrogens is 2. The third-order valence-corrected chi connectivity index (χ3v) is 2.93. The van der Waals surface area contributed by atoms with Crippen LogP contribution in [0.2, 0.25) is 0 Å². The van der Waals surface area contributed by atoms with Crippen molar-refractivity contribution in [1.29, 1.82) is 0 Å². The largest absolute Gasteiger partial charge is 0.367 e. The van der Waals surface area contributed by atoms with Gasteiger partial charge in [-0.1, -0.05) is 18.2 Å². The van der Waals surface area contributed by atoms with Crippen molar-refractivity contribution in [3.63, 3.8) is 0 Å². The van der Waals surface area contributed by atoms with Crippen LogP contribution >= 0.6 is 0 Å². The number of rotatable bonds is 5. The number of nitrogens with zero attached hydrogens (tertiary/aromatic N) is 2. The molecule has 0 saturated heterocycles. The van der Waals surface area contributed by atoms with Gasteiger partial charge in [-0.05, 0) is 25.0 Å². The molecule has 18 heavy (non-hydrogen) atoms. The van der Waals surface area contributed by atoms with Crippen molar-refractivity contribution in [2.24, 2.45) is 0 Å². The van der Waals surface area contributed by atoms with E-state index in [1.807, 2.05) is 18.2 Å². The van der Waals surface area contributed by atoms with Crippen LogP contribution in [-0.4, -0.2) is 22.6 Å². The second-order valence-electron chi connectivity index (χ2n) is 4.50. The first-order chi connectivity index (χ1) is 8.86. The van der Waals surface area contributed by atoms with Crippen molar-refractivity contribution in [2.75, 3.05) is 17.2 Å². The van der Waals surface area contributed by atoms with Gasteiger partial charge in [0.05, 0.1) is 5.52 Å². The van der Waals surface area contributed by atoms with E-state index in [0.29, 0.717) is 18.5 Å². The highest BCUT2D eigenvalue weighted by Crippen LogP contribution is 2.28. The lowest BCUT2D eigenvalue weighted by molar-refractivity contribution is 1.09. The maximum Gasteiger partial charge on any atom is 0.225 e. The third kappa shape index (κ3) is 2.27. The normalized spacial score (nSPS) is 14.4.